The first-order valence-corrected chi connectivity index (χ1v) is 7.75. The Morgan fingerprint density at radius 1 is 1.37 bits per heavy atom. The lowest BCUT2D eigenvalue weighted by atomic mass is 9.97. The van der Waals surface area contributed by atoms with Crippen molar-refractivity contribution >= 4 is 11.8 Å². The van der Waals surface area contributed by atoms with E-state index in [9.17, 15) is 5.11 Å². The zero-order valence-electron chi connectivity index (χ0n) is 12.1. The Kier molecular flexibility index (Phi) is 7.28. The quantitative estimate of drug-likeness (QED) is 0.540. The van der Waals surface area contributed by atoms with Gasteiger partial charge in [-0.25, -0.2) is 0 Å². The molecular weight excluding hydrogens is 258 g/mol. The first kappa shape index (κ1) is 16.3. The summed E-state index contributed by atoms with van der Waals surface area (Å²) in [4.78, 5) is 1.18. The lowest BCUT2D eigenvalue weighted by Crippen LogP contribution is -2.45. The number of thioether (sulfide) groups is 1. The summed E-state index contributed by atoms with van der Waals surface area (Å²) in [5, 5.41) is 12.8. The first-order chi connectivity index (χ1) is 9.15. The summed E-state index contributed by atoms with van der Waals surface area (Å²) in [5.41, 5.74) is -0.157. The van der Waals surface area contributed by atoms with E-state index in [4.69, 9.17) is 4.74 Å². The fourth-order valence-corrected chi connectivity index (χ4v) is 3.01. The fourth-order valence-electron chi connectivity index (χ4n) is 2.03. The Bertz CT molecular complexity index is 373. The molecule has 1 rings (SSSR count). The monoisotopic (exact) mass is 283 g/mol. The highest BCUT2D eigenvalue weighted by Crippen LogP contribution is 2.29. The number of aliphatic hydroxyl groups is 1. The number of ether oxygens (including phenoxy) is 1. The summed E-state index contributed by atoms with van der Waals surface area (Å²) in [6, 6.07) is 8.08. The molecule has 0 radical (unpaired) electrons. The van der Waals surface area contributed by atoms with Crippen molar-refractivity contribution < 1.29 is 9.84 Å². The van der Waals surface area contributed by atoms with Crippen LogP contribution in [0.1, 0.15) is 26.7 Å². The summed E-state index contributed by atoms with van der Waals surface area (Å²) in [5.74, 6) is 1.96. The van der Waals surface area contributed by atoms with E-state index in [0.717, 1.165) is 30.9 Å². The smallest absolute Gasteiger partial charge is 0.132 e. The van der Waals surface area contributed by atoms with Gasteiger partial charge in [0.15, 0.2) is 0 Å². The summed E-state index contributed by atoms with van der Waals surface area (Å²) in [7, 11) is 1.70. The van der Waals surface area contributed by atoms with Gasteiger partial charge in [0.25, 0.3) is 0 Å². The fraction of sp³-hybridized carbons (Fsp3) is 0.600. The molecule has 0 saturated heterocycles. The third-order valence-corrected chi connectivity index (χ3v) is 4.29. The first-order valence-electron chi connectivity index (χ1n) is 6.77. The van der Waals surface area contributed by atoms with E-state index >= 15 is 0 Å². The number of hydrogen-bond acceptors (Lipinski definition) is 4. The van der Waals surface area contributed by atoms with Crippen molar-refractivity contribution in [3.05, 3.63) is 24.3 Å². The number of methoxy groups -OCH3 is 1. The standard InChI is InChI=1S/C15H25NO2S/c1-4-16-15(2,12-17)10-7-11-19-14-9-6-5-8-13(14)18-3/h5-6,8-9,16-17H,4,7,10-12H2,1-3H3. The number of hydrogen-bond donors (Lipinski definition) is 2. The van der Waals surface area contributed by atoms with E-state index in [-0.39, 0.29) is 12.1 Å². The lowest BCUT2D eigenvalue weighted by Gasteiger charge is -2.28. The van der Waals surface area contributed by atoms with Gasteiger partial charge in [-0.05, 0) is 44.2 Å². The molecule has 0 fully saturated rings. The highest BCUT2D eigenvalue weighted by Gasteiger charge is 2.20. The molecule has 0 spiro atoms. The minimum Gasteiger partial charge on any atom is -0.496 e. The van der Waals surface area contributed by atoms with Crippen LogP contribution >= 0.6 is 11.8 Å². The Balaban J connectivity index is 2.38. The molecule has 0 bridgehead atoms. The number of rotatable bonds is 9. The van der Waals surface area contributed by atoms with Crippen LogP contribution in [0.4, 0.5) is 0 Å². The molecule has 0 aliphatic rings. The van der Waals surface area contributed by atoms with Crippen molar-refractivity contribution in [2.75, 3.05) is 26.0 Å². The van der Waals surface area contributed by atoms with Gasteiger partial charge >= 0.3 is 0 Å². The van der Waals surface area contributed by atoms with E-state index in [1.807, 2.05) is 18.2 Å². The molecule has 0 aromatic heterocycles. The molecule has 0 aliphatic heterocycles. The second-order valence-electron chi connectivity index (χ2n) is 4.85. The van der Waals surface area contributed by atoms with E-state index < -0.39 is 0 Å². The zero-order chi connectivity index (χ0) is 14.1. The van der Waals surface area contributed by atoms with Gasteiger partial charge in [-0.3, -0.25) is 0 Å². The van der Waals surface area contributed by atoms with E-state index in [2.05, 4.69) is 25.2 Å². The molecule has 19 heavy (non-hydrogen) atoms. The Hall–Kier alpha value is -0.710. The average Bonchev–Trinajstić information content (AvgIpc) is 2.44. The Morgan fingerprint density at radius 3 is 2.74 bits per heavy atom. The van der Waals surface area contributed by atoms with Crippen molar-refractivity contribution in [3.8, 4) is 5.75 Å². The third-order valence-electron chi connectivity index (χ3n) is 3.15. The van der Waals surface area contributed by atoms with Gasteiger partial charge < -0.3 is 15.2 Å². The molecule has 0 saturated carbocycles. The maximum atomic E-state index is 9.43. The molecule has 1 unspecified atom stereocenters. The van der Waals surface area contributed by atoms with Crippen LogP contribution < -0.4 is 10.1 Å². The minimum atomic E-state index is -0.157. The molecular formula is C15H25NO2S. The molecule has 1 atom stereocenters. The highest BCUT2D eigenvalue weighted by molar-refractivity contribution is 7.99. The largest absolute Gasteiger partial charge is 0.496 e. The lowest BCUT2D eigenvalue weighted by molar-refractivity contribution is 0.167. The van der Waals surface area contributed by atoms with Crippen LogP contribution in [-0.2, 0) is 0 Å². The maximum absolute atomic E-state index is 9.43. The summed E-state index contributed by atoms with van der Waals surface area (Å²) in [6.45, 7) is 5.21. The number of para-hydroxylation sites is 1. The van der Waals surface area contributed by atoms with Gasteiger partial charge in [0.05, 0.1) is 13.7 Å². The summed E-state index contributed by atoms with van der Waals surface area (Å²) < 4.78 is 5.33. The van der Waals surface area contributed by atoms with E-state index in [0.29, 0.717) is 0 Å². The normalized spacial score (nSPS) is 14.1. The van der Waals surface area contributed by atoms with Crippen LogP contribution in [0, 0.1) is 0 Å². The SMILES string of the molecule is CCNC(C)(CO)CCCSc1ccccc1OC. The van der Waals surface area contributed by atoms with Gasteiger partial charge in [-0.1, -0.05) is 19.1 Å². The highest BCUT2D eigenvalue weighted by atomic mass is 32.2. The van der Waals surface area contributed by atoms with Gasteiger partial charge in [0, 0.05) is 10.4 Å². The molecule has 3 nitrogen and oxygen atoms in total. The Labute approximate surface area is 120 Å². The maximum Gasteiger partial charge on any atom is 0.132 e. The predicted octanol–water partition coefficient (Wildman–Crippen LogP) is 2.93. The van der Waals surface area contributed by atoms with Crippen molar-refractivity contribution in [1.29, 1.82) is 0 Å². The number of likely N-dealkylation sites (N-methyl/N-ethyl adjacent to an activating group) is 1. The topological polar surface area (TPSA) is 41.5 Å². The van der Waals surface area contributed by atoms with Crippen molar-refractivity contribution in [1.82, 2.24) is 5.32 Å². The predicted molar refractivity (Wildman–Crippen MR) is 82.1 cm³/mol. The van der Waals surface area contributed by atoms with Gasteiger partial charge in [-0.2, -0.15) is 0 Å². The van der Waals surface area contributed by atoms with Crippen molar-refractivity contribution in [2.45, 2.75) is 37.1 Å². The van der Waals surface area contributed by atoms with Crippen LogP contribution in [0.3, 0.4) is 0 Å². The number of aliphatic hydroxyl groups excluding tert-OH is 1. The molecule has 1 aromatic rings. The van der Waals surface area contributed by atoms with Crippen molar-refractivity contribution in [2.24, 2.45) is 0 Å². The summed E-state index contributed by atoms with van der Waals surface area (Å²) in [6.07, 6.45) is 2.03. The Morgan fingerprint density at radius 2 is 2.11 bits per heavy atom. The molecule has 4 heteroatoms. The van der Waals surface area contributed by atoms with E-state index in [1.165, 1.54) is 4.90 Å². The van der Waals surface area contributed by atoms with Crippen LogP contribution in [0.15, 0.2) is 29.2 Å². The molecule has 0 heterocycles. The second-order valence-corrected chi connectivity index (χ2v) is 5.99. The second kappa shape index (κ2) is 8.46. The number of nitrogens with one attached hydrogen (secondary N) is 1. The molecule has 108 valence electrons. The molecule has 2 N–H and O–H groups in total. The number of benzene rings is 1. The van der Waals surface area contributed by atoms with Crippen LogP contribution in [0.2, 0.25) is 0 Å². The average molecular weight is 283 g/mol. The zero-order valence-corrected chi connectivity index (χ0v) is 12.9. The van der Waals surface area contributed by atoms with Crippen LogP contribution in [0.25, 0.3) is 0 Å². The van der Waals surface area contributed by atoms with Crippen molar-refractivity contribution in [3.63, 3.8) is 0 Å². The summed E-state index contributed by atoms with van der Waals surface area (Å²) >= 11 is 1.81. The molecule has 0 amide bonds. The van der Waals surface area contributed by atoms with Gasteiger partial charge in [-0.15, -0.1) is 11.8 Å². The third kappa shape index (κ3) is 5.43. The van der Waals surface area contributed by atoms with Gasteiger partial charge in [0.2, 0.25) is 0 Å². The molecule has 1 aromatic carbocycles. The van der Waals surface area contributed by atoms with Gasteiger partial charge in [0.1, 0.15) is 5.75 Å². The van der Waals surface area contributed by atoms with E-state index in [1.54, 1.807) is 18.9 Å². The van der Waals surface area contributed by atoms with Crippen LogP contribution in [0.5, 0.6) is 5.75 Å². The van der Waals surface area contributed by atoms with Crippen LogP contribution in [-0.4, -0.2) is 36.7 Å². The minimum absolute atomic E-state index is 0.157. The molecule has 0 aliphatic carbocycles.